The highest BCUT2D eigenvalue weighted by atomic mass is 16.4. The monoisotopic (exact) mass is 197 g/mol. The van der Waals surface area contributed by atoms with Crippen LogP contribution in [-0.4, -0.2) is 23.0 Å². The van der Waals surface area contributed by atoms with E-state index < -0.39 is 5.54 Å². The first-order valence-corrected chi connectivity index (χ1v) is 4.39. The summed E-state index contributed by atoms with van der Waals surface area (Å²) in [4.78, 5) is 15.4. The zero-order valence-corrected chi connectivity index (χ0v) is 8.63. The molecule has 0 radical (unpaired) electrons. The van der Waals surface area contributed by atoms with E-state index in [2.05, 4.69) is 10.3 Å². The average molecular weight is 197 g/mol. The lowest BCUT2D eigenvalue weighted by Crippen LogP contribution is -2.48. The topological polar surface area (TPSA) is 81.2 Å². The molecular weight excluding hydrogens is 182 g/mol. The lowest BCUT2D eigenvalue weighted by Gasteiger charge is -2.22. The molecule has 0 unspecified atom stereocenters. The number of nitrogens with two attached hydrogens (primary N) is 1. The molecule has 1 amide bonds. The Bertz CT molecular complexity index is 331. The van der Waals surface area contributed by atoms with E-state index in [1.165, 1.54) is 6.26 Å². The van der Waals surface area contributed by atoms with Crippen LogP contribution in [0.1, 0.15) is 30.2 Å². The molecule has 0 aliphatic heterocycles. The van der Waals surface area contributed by atoms with Crippen molar-refractivity contribution in [3.63, 3.8) is 0 Å². The first-order valence-electron chi connectivity index (χ1n) is 4.39. The van der Waals surface area contributed by atoms with Gasteiger partial charge in [0, 0.05) is 12.1 Å². The van der Waals surface area contributed by atoms with Crippen LogP contribution < -0.4 is 11.1 Å². The molecule has 0 saturated carbocycles. The molecule has 0 aromatic carbocycles. The molecule has 0 aliphatic carbocycles. The maximum absolute atomic E-state index is 11.5. The van der Waals surface area contributed by atoms with Gasteiger partial charge in [-0.1, -0.05) is 0 Å². The highest BCUT2D eigenvalue weighted by Gasteiger charge is 2.21. The Balaban J connectivity index is 2.68. The van der Waals surface area contributed by atoms with Crippen molar-refractivity contribution in [2.24, 2.45) is 5.73 Å². The molecule has 0 atom stereocenters. The van der Waals surface area contributed by atoms with Gasteiger partial charge in [-0.25, -0.2) is 4.98 Å². The first-order chi connectivity index (χ1) is 6.44. The molecule has 0 aliphatic rings. The van der Waals surface area contributed by atoms with Gasteiger partial charge in [-0.2, -0.15) is 0 Å². The predicted molar refractivity (Wildman–Crippen MR) is 51.8 cm³/mol. The van der Waals surface area contributed by atoms with E-state index >= 15 is 0 Å². The quantitative estimate of drug-likeness (QED) is 0.737. The molecule has 14 heavy (non-hydrogen) atoms. The summed E-state index contributed by atoms with van der Waals surface area (Å²) in [6.07, 6.45) is 1.43. The number of carbonyl (C=O) groups is 1. The van der Waals surface area contributed by atoms with E-state index in [1.54, 1.807) is 6.92 Å². The van der Waals surface area contributed by atoms with Crippen molar-refractivity contribution >= 4 is 5.91 Å². The molecule has 1 aromatic rings. The van der Waals surface area contributed by atoms with Gasteiger partial charge in [-0.15, -0.1) is 0 Å². The summed E-state index contributed by atoms with van der Waals surface area (Å²) in [6.45, 7) is 5.79. The highest BCUT2D eigenvalue weighted by molar-refractivity contribution is 5.90. The van der Waals surface area contributed by atoms with Crippen LogP contribution in [0.15, 0.2) is 10.7 Å². The van der Waals surface area contributed by atoms with Crippen LogP contribution in [0.2, 0.25) is 0 Å². The fourth-order valence-electron chi connectivity index (χ4n) is 0.870. The van der Waals surface area contributed by atoms with Crippen LogP contribution in [0.3, 0.4) is 0 Å². The molecule has 78 valence electrons. The largest absolute Gasteiger partial charge is 0.441 e. The smallest absolute Gasteiger partial charge is 0.307 e. The normalized spacial score (nSPS) is 11.4. The van der Waals surface area contributed by atoms with E-state index in [9.17, 15) is 4.79 Å². The maximum atomic E-state index is 11.5. The van der Waals surface area contributed by atoms with Crippen molar-refractivity contribution in [3.8, 4) is 0 Å². The van der Waals surface area contributed by atoms with Crippen molar-refractivity contribution in [2.75, 3.05) is 6.54 Å². The molecule has 0 spiro atoms. The van der Waals surface area contributed by atoms with E-state index in [-0.39, 0.29) is 11.8 Å². The van der Waals surface area contributed by atoms with Gasteiger partial charge in [0.15, 0.2) is 0 Å². The Labute approximate surface area is 82.7 Å². The molecule has 1 heterocycles. The van der Waals surface area contributed by atoms with Crippen LogP contribution in [0.5, 0.6) is 0 Å². The molecule has 3 N–H and O–H groups in total. The minimum atomic E-state index is -0.445. The third-order valence-corrected chi connectivity index (χ3v) is 1.78. The second-order valence-electron chi connectivity index (χ2n) is 3.84. The maximum Gasteiger partial charge on any atom is 0.307 e. The van der Waals surface area contributed by atoms with Crippen molar-refractivity contribution < 1.29 is 9.21 Å². The van der Waals surface area contributed by atoms with Gasteiger partial charge < -0.3 is 15.5 Å². The minimum absolute atomic E-state index is 0.0732. The molecule has 1 aromatic heterocycles. The van der Waals surface area contributed by atoms with Gasteiger partial charge in [0.2, 0.25) is 0 Å². The second kappa shape index (κ2) is 3.79. The van der Waals surface area contributed by atoms with E-state index in [1.807, 2.05) is 13.8 Å². The fourth-order valence-corrected chi connectivity index (χ4v) is 0.870. The van der Waals surface area contributed by atoms with Crippen molar-refractivity contribution in [1.82, 2.24) is 10.3 Å². The summed E-state index contributed by atoms with van der Waals surface area (Å²) in [6, 6.07) is 0. The zero-order chi connectivity index (χ0) is 10.8. The Morgan fingerprint density at radius 3 is 2.79 bits per heavy atom. The van der Waals surface area contributed by atoms with Crippen LogP contribution in [0.4, 0.5) is 0 Å². The molecule has 5 nitrogen and oxygen atoms in total. The molecule has 0 saturated heterocycles. The summed E-state index contributed by atoms with van der Waals surface area (Å²) in [5.74, 6) is -0.266. The van der Waals surface area contributed by atoms with Gasteiger partial charge in [0.25, 0.3) is 5.89 Å². The third kappa shape index (κ3) is 2.56. The van der Waals surface area contributed by atoms with E-state index in [0.717, 1.165) is 0 Å². The lowest BCUT2D eigenvalue weighted by atomic mass is 10.1. The van der Waals surface area contributed by atoms with Crippen molar-refractivity contribution in [3.05, 3.63) is 17.8 Å². The SMILES string of the molecule is Cc1coc(C(=O)NC(C)(C)CN)n1. The number of carbonyl (C=O) groups excluding carboxylic acids is 1. The van der Waals surface area contributed by atoms with Crippen molar-refractivity contribution in [1.29, 1.82) is 0 Å². The third-order valence-electron chi connectivity index (χ3n) is 1.78. The number of nitrogens with zero attached hydrogens (tertiary/aromatic N) is 1. The second-order valence-corrected chi connectivity index (χ2v) is 3.84. The summed E-state index contributed by atoms with van der Waals surface area (Å²) >= 11 is 0. The number of aryl methyl sites for hydroxylation is 1. The molecule has 1 rings (SSSR count). The number of aromatic nitrogens is 1. The number of nitrogens with one attached hydrogen (secondary N) is 1. The van der Waals surface area contributed by atoms with Crippen molar-refractivity contribution in [2.45, 2.75) is 26.3 Å². The first kappa shape index (κ1) is 10.7. The highest BCUT2D eigenvalue weighted by Crippen LogP contribution is 2.04. The van der Waals surface area contributed by atoms with Gasteiger partial charge in [0.1, 0.15) is 6.26 Å². The van der Waals surface area contributed by atoms with E-state index in [4.69, 9.17) is 10.2 Å². The number of hydrogen-bond donors (Lipinski definition) is 2. The van der Waals surface area contributed by atoms with Crippen LogP contribution in [0, 0.1) is 6.92 Å². The van der Waals surface area contributed by atoms with Crippen LogP contribution in [-0.2, 0) is 0 Å². The Hall–Kier alpha value is -1.36. The standard InChI is InChI=1S/C9H15N3O2/c1-6-4-14-8(11-6)7(13)12-9(2,3)5-10/h4H,5,10H2,1-3H3,(H,12,13). The lowest BCUT2D eigenvalue weighted by molar-refractivity contribution is 0.0880. The van der Waals surface area contributed by atoms with Gasteiger partial charge in [0.05, 0.1) is 5.69 Å². The molecule has 5 heteroatoms. The summed E-state index contributed by atoms with van der Waals surface area (Å²) < 4.78 is 4.95. The molecule has 0 fully saturated rings. The Morgan fingerprint density at radius 1 is 1.71 bits per heavy atom. The number of rotatable bonds is 3. The predicted octanol–water partition coefficient (Wildman–Crippen LogP) is 0.450. The summed E-state index contributed by atoms with van der Waals surface area (Å²) in [7, 11) is 0. The van der Waals surface area contributed by atoms with Gasteiger partial charge in [-0.05, 0) is 20.8 Å². The van der Waals surface area contributed by atoms with Crippen LogP contribution >= 0.6 is 0 Å². The number of oxazole rings is 1. The Kier molecular flexibility index (Phi) is 2.90. The summed E-state index contributed by atoms with van der Waals surface area (Å²) in [5.41, 5.74) is 5.71. The van der Waals surface area contributed by atoms with Crippen LogP contribution in [0.25, 0.3) is 0 Å². The summed E-state index contributed by atoms with van der Waals surface area (Å²) in [5, 5.41) is 2.72. The number of hydrogen-bond acceptors (Lipinski definition) is 4. The minimum Gasteiger partial charge on any atom is -0.441 e. The number of amides is 1. The average Bonchev–Trinajstić information content (AvgIpc) is 2.51. The zero-order valence-electron chi connectivity index (χ0n) is 8.63. The van der Waals surface area contributed by atoms with Gasteiger partial charge in [-0.3, -0.25) is 4.79 Å². The Morgan fingerprint density at radius 2 is 2.36 bits per heavy atom. The molecule has 0 bridgehead atoms. The van der Waals surface area contributed by atoms with E-state index in [0.29, 0.717) is 12.2 Å². The fraction of sp³-hybridized carbons (Fsp3) is 0.556. The van der Waals surface area contributed by atoms with Gasteiger partial charge >= 0.3 is 5.91 Å². The molecular formula is C9H15N3O2.